The lowest BCUT2D eigenvalue weighted by Crippen LogP contribution is -2.15. The first-order valence-corrected chi connectivity index (χ1v) is 4.76. The fourth-order valence-corrected chi connectivity index (χ4v) is 1.34. The Morgan fingerprint density at radius 2 is 2.20 bits per heavy atom. The van der Waals surface area contributed by atoms with E-state index in [-0.39, 0.29) is 0 Å². The summed E-state index contributed by atoms with van der Waals surface area (Å²) in [7, 11) is 4.05. The quantitative estimate of drug-likeness (QED) is 0.740. The number of nitrogens with one attached hydrogen (secondary N) is 1. The van der Waals surface area contributed by atoms with Crippen LogP contribution in [-0.4, -0.2) is 45.5 Å². The molecule has 80 valence electrons. The zero-order valence-electron chi connectivity index (χ0n) is 8.86. The summed E-state index contributed by atoms with van der Waals surface area (Å²) in [5, 5.41) is 0. The van der Waals surface area contributed by atoms with Gasteiger partial charge in [-0.3, -0.25) is 0 Å². The minimum atomic E-state index is 0.448. The Bertz CT molecular complexity index is 461. The van der Waals surface area contributed by atoms with Crippen molar-refractivity contribution in [3.63, 3.8) is 0 Å². The molecule has 2 rings (SSSR count). The van der Waals surface area contributed by atoms with Crippen LogP contribution in [0.25, 0.3) is 11.2 Å². The van der Waals surface area contributed by atoms with Gasteiger partial charge in [0.2, 0.25) is 0 Å². The Morgan fingerprint density at radius 3 is 2.87 bits per heavy atom. The van der Waals surface area contributed by atoms with Crippen LogP contribution in [0.5, 0.6) is 0 Å². The molecule has 0 aliphatic heterocycles. The molecule has 0 fully saturated rings. The first kappa shape index (κ1) is 9.85. The lowest BCUT2D eigenvalue weighted by atomic mass is 10.4. The van der Waals surface area contributed by atoms with Crippen LogP contribution in [0.3, 0.4) is 0 Å². The minimum Gasteiger partial charge on any atom is -0.382 e. The fourth-order valence-electron chi connectivity index (χ4n) is 1.34. The van der Waals surface area contributed by atoms with E-state index in [4.69, 9.17) is 5.73 Å². The molecule has 0 bridgehead atoms. The monoisotopic (exact) mass is 206 g/mol. The molecule has 6 heteroatoms. The van der Waals surface area contributed by atoms with Gasteiger partial charge in [0.25, 0.3) is 0 Å². The van der Waals surface area contributed by atoms with E-state index in [1.54, 1.807) is 0 Å². The molecular weight excluding hydrogens is 192 g/mol. The number of H-pyrrole nitrogens is 1. The van der Waals surface area contributed by atoms with Gasteiger partial charge in [-0.1, -0.05) is 0 Å². The van der Waals surface area contributed by atoms with Crippen molar-refractivity contribution in [2.45, 2.75) is 6.42 Å². The van der Waals surface area contributed by atoms with Gasteiger partial charge in [-0.05, 0) is 14.1 Å². The molecule has 2 aromatic rings. The SMILES string of the molecule is CN(C)CCc1nc2ncnc(N)c2[nH]1. The predicted octanol–water partition coefficient (Wildman–Crippen LogP) is 0.0392. The third-order valence-corrected chi connectivity index (χ3v) is 2.16. The number of likely N-dealkylation sites (N-methyl/N-ethyl adjacent to an activating group) is 1. The van der Waals surface area contributed by atoms with E-state index in [9.17, 15) is 0 Å². The fraction of sp³-hybridized carbons (Fsp3) is 0.444. The van der Waals surface area contributed by atoms with Crippen molar-refractivity contribution >= 4 is 17.0 Å². The van der Waals surface area contributed by atoms with Crippen LogP contribution < -0.4 is 5.73 Å². The van der Waals surface area contributed by atoms with E-state index in [0.717, 1.165) is 24.3 Å². The zero-order chi connectivity index (χ0) is 10.8. The molecule has 0 aliphatic carbocycles. The second kappa shape index (κ2) is 3.82. The number of aromatic nitrogens is 4. The Morgan fingerprint density at radius 1 is 1.40 bits per heavy atom. The van der Waals surface area contributed by atoms with Crippen molar-refractivity contribution in [2.24, 2.45) is 0 Å². The summed E-state index contributed by atoms with van der Waals surface area (Å²) < 4.78 is 0. The second-order valence-corrected chi connectivity index (χ2v) is 3.69. The summed E-state index contributed by atoms with van der Waals surface area (Å²) in [4.78, 5) is 17.5. The standard InChI is InChI=1S/C9H14N6/c1-15(2)4-3-6-13-7-8(10)11-5-12-9(7)14-6/h5H,3-4H2,1-2H3,(H3,10,11,12,13,14). The van der Waals surface area contributed by atoms with E-state index in [1.165, 1.54) is 6.33 Å². The first-order chi connectivity index (χ1) is 7.16. The highest BCUT2D eigenvalue weighted by Gasteiger charge is 2.06. The number of rotatable bonds is 3. The average molecular weight is 206 g/mol. The van der Waals surface area contributed by atoms with Gasteiger partial charge in [-0.2, -0.15) is 0 Å². The number of nitrogens with zero attached hydrogens (tertiary/aromatic N) is 4. The lowest BCUT2D eigenvalue weighted by Gasteiger charge is -2.06. The minimum absolute atomic E-state index is 0.448. The van der Waals surface area contributed by atoms with E-state index in [1.807, 2.05) is 14.1 Å². The number of anilines is 1. The smallest absolute Gasteiger partial charge is 0.183 e. The van der Waals surface area contributed by atoms with Gasteiger partial charge in [0.1, 0.15) is 17.7 Å². The van der Waals surface area contributed by atoms with Gasteiger partial charge < -0.3 is 15.6 Å². The number of hydrogen-bond donors (Lipinski definition) is 2. The molecule has 0 unspecified atom stereocenters. The van der Waals surface area contributed by atoms with Gasteiger partial charge in [0, 0.05) is 13.0 Å². The highest BCUT2D eigenvalue weighted by molar-refractivity contribution is 5.80. The number of nitrogens with two attached hydrogens (primary N) is 1. The number of hydrogen-bond acceptors (Lipinski definition) is 5. The van der Waals surface area contributed by atoms with Crippen molar-refractivity contribution in [1.82, 2.24) is 24.8 Å². The maximum Gasteiger partial charge on any atom is 0.183 e. The van der Waals surface area contributed by atoms with Crippen molar-refractivity contribution in [2.75, 3.05) is 26.4 Å². The number of nitrogen functional groups attached to an aromatic ring is 1. The molecule has 0 radical (unpaired) electrons. The number of aromatic amines is 1. The summed E-state index contributed by atoms with van der Waals surface area (Å²) >= 11 is 0. The maximum atomic E-state index is 5.69. The van der Waals surface area contributed by atoms with Crippen LogP contribution in [0.4, 0.5) is 5.82 Å². The Labute approximate surface area is 87.5 Å². The van der Waals surface area contributed by atoms with Crippen LogP contribution in [0.2, 0.25) is 0 Å². The van der Waals surface area contributed by atoms with Crippen molar-refractivity contribution in [3.8, 4) is 0 Å². The summed E-state index contributed by atoms with van der Waals surface area (Å²) in [5.41, 5.74) is 7.06. The summed E-state index contributed by atoms with van der Waals surface area (Å²) in [6.07, 6.45) is 2.27. The number of fused-ring (bicyclic) bond motifs is 1. The molecule has 6 nitrogen and oxygen atoms in total. The van der Waals surface area contributed by atoms with Crippen molar-refractivity contribution < 1.29 is 0 Å². The topological polar surface area (TPSA) is 83.7 Å². The van der Waals surface area contributed by atoms with Crippen molar-refractivity contribution in [3.05, 3.63) is 12.2 Å². The molecule has 0 atom stereocenters. The van der Waals surface area contributed by atoms with Gasteiger partial charge in [0.05, 0.1) is 0 Å². The third-order valence-electron chi connectivity index (χ3n) is 2.16. The Balaban J connectivity index is 2.27. The summed E-state index contributed by atoms with van der Waals surface area (Å²) in [6.45, 7) is 0.938. The average Bonchev–Trinajstić information content (AvgIpc) is 2.59. The van der Waals surface area contributed by atoms with Crippen LogP contribution in [0.1, 0.15) is 5.82 Å². The molecular formula is C9H14N6. The summed E-state index contributed by atoms with van der Waals surface area (Å²) in [5.74, 6) is 1.34. The lowest BCUT2D eigenvalue weighted by molar-refractivity contribution is 0.410. The third kappa shape index (κ3) is 2.04. The zero-order valence-corrected chi connectivity index (χ0v) is 8.86. The molecule has 2 heterocycles. The predicted molar refractivity (Wildman–Crippen MR) is 58.4 cm³/mol. The van der Waals surface area contributed by atoms with E-state index >= 15 is 0 Å². The van der Waals surface area contributed by atoms with E-state index in [0.29, 0.717) is 11.5 Å². The Kier molecular flexibility index (Phi) is 2.51. The molecule has 0 amide bonds. The van der Waals surface area contributed by atoms with E-state index in [2.05, 4.69) is 24.8 Å². The van der Waals surface area contributed by atoms with Crippen molar-refractivity contribution in [1.29, 1.82) is 0 Å². The van der Waals surface area contributed by atoms with Crippen LogP contribution in [0, 0.1) is 0 Å². The number of imidazole rings is 1. The first-order valence-electron chi connectivity index (χ1n) is 4.76. The molecule has 3 N–H and O–H groups in total. The molecule has 0 aliphatic rings. The molecule has 15 heavy (non-hydrogen) atoms. The second-order valence-electron chi connectivity index (χ2n) is 3.69. The molecule has 0 spiro atoms. The van der Waals surface area contributed by atoms with E-state index < -0.39 is 0 Å². The van der Waals surface area contributed by atoms with Crippen LogP contribution in [-0.2, 0) is 6.42 Å². The van der Waals surface area contributed by atoms with Gasteiger partial charge >= 0.3 is 0 Å². The van der Waals surface area contributed by atoms with Gasteiger partial charge in [-0.25, -0.2) is 15.0 Å². The summed E-state index contributed by atoms with van der Waals surface area (Å²) in [6, 6.07) is 0. The molecule has 0 saturated carbocycles. The molecule has 0 aromatic carbocycles. The van der Waals surface area contributed by atoms with Crippen LogP contribution >= 0.6 is 0 Å². The normalized spacial score (nSPS) is 11.4. The maximum absolute atomic E-state index is 5.69. The van der Waals surface area contributed by atoms with Gasteiger partial charge in [-0.15, -0.1) is 0 Å². The Hall–Kier alpha value is -1.69. The van der Waals surface area contributed by atoms with Gasteiger partial charge in [0.15, 0.2) is 11.5 Å². The van der Waals surface area contributed by atoms with Crippen LogP contribution in [0.15, 0.2) is 6.33 Å². The molecule has 2 aromatic heterocycles. The highest BCUT2D eigenvalue weighted by atomic mass is 15.1. The highest BCUT2D eigenvalue weighted by Crippen LogP contribution is 2.13. The largest absolute Gasteiger partial charge is 0.382 e. The molecule has 0 saturated heterocycles.